The first-order valence-corrected chi connectivity index (χ1v) is 11.1. The van der Waals surface area contributed by atoms with Crippen LogP contribution in [0.25, 0.3) is 0 Å². The molecular weight excluding hydrogens is 423 g/mol. The van der Waals surface area contributed by atoms with Crippen molar-refractivity contribution in [1.82, 2.24) is 0 Å². The molecule has 1 fully saturated rings. The van der Waals surface area contributed by atoms with E-state index in [1.54, 1.807) is 16.0 Å². The number of benzene rings is 1. The van der Waals surface area contributed by atoms with Crippen molar-refractivity contribution >= 4 is 13.3 Å². The molecule has 0 bridgehead atoms. The number of hydrogen-bond acceptors (Lipinski definition) is 0. The third kappa shape index (κ3) is 5.50. The minimum absolute atomic E-state index is 0. The van der Waals surface area contributed by atoms with Gasteiger partial charge in [-0.25, -0.2) is 11.1 Å². The predicted molar refractivity (Wildman–Crippen MR) is 94.3 cm³/mol. The van der Waals surface area contributed by atoms with E-state index in [1.165, 1.54) is 37.7 Å². The van der Waals surface area contributed by atoms with Gasteiger partial charge < -0.3 is 37.2 Å². The van der Waals surface area contributed by atoms with Gasteiger partial charge in [0.15, 0.2) is 0 Å². The van der Waals surface area contributed by atoms with Gasteiger partial charge in [0.2, 0.25) is 0 Å². The van der Waals surface area contributed by atoms with Crippen molar-refractivity contribution in [2.24, 2.45) is 0 Å². The molecule has 0 aromatic heterocycles. The summed E-state index contributed by atoms with van der Waals surface area (Å²) in [5.74, 6) is 0. The summed E-state index contributed by atoms with van der Waals surface area (Å²) in [6.45, 7) is 7.21. The molecule has 1 unspecified atom stereocenters. The average molecular weight is 450 g/mol. The molecule has 0 heterocycles. The smallest absolute Gasteiger partial charge is 1.00 e. The summed E-state index contributed by atoms with van der Waals surface area (Å²) in [6, 6.07) is 11.4. The number of allylic oxidation sites excluding steroid dienone is 4. The minimum Gasteiger partial charge on any atom is -1.00 e. The molecule has 1 aromatic carbocycles. The standard InChI is InChI=1S/C20H27Si.3ClH.Ti/c1-16-14-15-20(17(16)2)21(3,18-10-6-4-7-11-18)19-12-8-5-9-13-19;;;;/h4,6-7,10-11,19H,5,8-9,12-13,15H2,1-3H3;3*1H;/q-1;;;;+4/p-3. The molecule has 136 valence electrons. The molecule has 0 amide bonds. The molecule has 1 saturated carbocycles. The Morgan fingerprint density at radius 2 is 1.48 bits per heavy atom. The molecule has 0 saturated heterocycles. The van der Waals surface area contributed by atoms with E-state index in [2.05, 4.69) is 56.8 Å². The van der Waals surface area contributed by atoms with E-state index in [4.69, 9.17) is 0 Å². The minimum atomic E-state index is -1.60. The topological polar surface area (TPSA) is 0 Å². The van der Waals surface area contributed by atoms with Crippen molar-refractivity contribution in [2.45, 2.75) is 64.5 Å². The number of hydrogen-bond donors (Lipinski definition) is 0. The summed E-state index contributed by atoms with van der Waals surface area (Å²) in [5, 5.41) is 3.40. The summed E-state index contributed by atoms with van der Waals surface area (Å²) in [5.41, 5.74) is 3.88. The number of rotatable bonds is 3. The van der Waals surface area contributed by atoms with Gasteiger partial charge in [-0.05, 0) is 5.54 Å². The van der Waals surface area contributed by atoms with Gasteiger partial charge in [-0.3, -0.25) is 6.08 Å². The summed E-state index contributed by atoms with van der Waals surface area (Å²) >= 11 is 0. The van der Waals surface area contributed by atoms with E-state index < -0.39 is 8.07 Å². The van der Waals surface area contributed by atoms with Crippen LogP contribution < -0.4 is 42.4 Å². The molecule has 1 atom stereocenters. The Morgan fingerprint density at radius 3 is 1.96 bits per heavy atom. The van der Waals surface area contributed by atoms with Crippen molar-refractivity contribution < 1.29 is 58.9 Å². The van der Waals surface area contributed by atoms with Gasteiger partial charge >= 0.3 is 21.7 Å². The SMILES string of the molecule is CC1=[C-]CC([Si](C)(c2ccccc2)C2CCCCC2)=C1C.[Cl-].[Cl-].[Cl-].[Ti+4]. The third-order valence-corrected chi connectivity index (χ3v) is 11.5. The Kier molecular flexibility index (Phi) is 13.4. The van der Waals surface area contributed by atoms with Crippen LogP contribution in [-0.4, -0.2) is 8.07 Å². The first kappa shape index (κ1) is 27.7. The van der Waals surface area contributed by atoms with E-state index >= 15 is 0 Å². The van der Waals surface area contributed by atoms with Crippen molar-refractivity contribution in [2.75, 3.05) is 0 Å². The van der Waals surface area contributed by atoms with E-state index in [-0.39, 0.29) is 58.9 Å². The Bertz CT molecular complexity index is 580. The van der Waals surface area contributed by atoms with Crippen molar-refractivity contribution in [1.29, 1.82) is 0 Å². The van der Waals surface area contributed by atoms with E-state index in [0.29, 0.717) is 0 Å². The van der Waals surface area contributed by atoms with Crippen molar-refractivity contribution in [3.63, 3.8) is 0 Å². The molecule has 0 radical (unpaired) electrons. The van der Waals surface area contributed by atoms with Crippen LogP contribution in [0.3, 0.4) is 0 Å². The predicted octanol–water partition coefficient (Wildman–Crippen LogP) is -3.68. The van der Waals surface area contributed by atoms with Crippen molar-refractivity contribution in [3.05, 3.63) is 52.8 Å². The van der Waals surface area contributed by atoms with E-state index in [9.17, 15) is 0 Å². The van der Waals surface area contributed by atoms with Gasteiger partial charge in [-0.1, -0.05) is 81.1 Å². The summed E-state index contributed by atoms with van der Waals surface area (Å²) < 4.78 is 0. The van der Waals surface area contributed by atoms with Gasteiger partial charge in [-0.15, -0.1) is 13.3 Å². The van der Waals surface area contributed by atoms with Crippen LogP contribution in [0.5, 0.6) is 0 Å². The summed E-state index contributed by atoms with van der Waals surface area (Å²) in [7, 11) is -1.60. The molecule has 2 aliphatic carbocycles. The Balaban J connectivity index is 0. The summed E-state index contributed by atoms with van der Waals surface area (Å²) in [4.78, 5) is 0. The Morgan fingerprint density at radius 1 is 0.920 bits per heavy atom. The second-order valence-electron chi connectivity index (χ2n) is 6.99. The van der Waals surface area contributed by atoms with Gasteiger partial charge in [0.25, 0.3) is 0 Å². The fourth-order valence-corrected chi connectivity index (χ4v) is 9.59. The maximum Gasteiger partial charge on any atom is 4.00 e. The molecule has 0 spiro atoms. The molecule has 0 aliphatic heterocycles. The molecular formula is C20H27Cl3SiTi. The van der Waals surface area contributed by atoms with Crippen LogP contribution >= 0.6 is 0 Å². The van der Waals surface area contributed by atoms with Gasteiger partial charge in [0.1, 0.15) is 0 Å². The van der Waals surface area contributed by atoms with Crippen LogP contribution in [-0.2, 0) is 21.7 Å². The van der Waals surface area contributed by atoms with Crippen LogP contribution in [0.4, 0.5) is 0 Å². The Hall–Kier alpha value is 0.501. The molecule has 2 aliphatic rings. The van der Waals surface area contributed by atoms with E-state index in [0.717, 1.165) is 12.0 Å². The molecule has 1 aromatic rings. The zero-order valence-corrected chi connectivity index (χ0v) is 20.2. The largest absolute Gasteiger partial charge is 4.00 e. The van der Waals surface area contributed by atoms with Gasteiger partial charge in [0, 0.05) is 0 Å². The fourth-order valence-electron chi connectivity index (χ4n) is 4.41. The maximum atomic E-state index is 3.61. The molecule has 25 heavy (non-hydrogen) atoms. The monoisotopic (exact) mass is 448 g/mol. The van der Waals surface area contributed by atoms with Crippen LogP contribution in [0.2, 0.25) is 12.1 Å². The molecule has 3 rings (SSSR count). The normalized spacial score (nSPS) is 19.4. The van der Waals surface area contributed by atoms with Crippen LogP contribution in [0, 0.1) is 6.08 Å². The van der Waals surface area contributed by atoms with Gasteiger partial charge in [-0.2, -0.15) is 5.20 Å². The first-order chi connectivity index (χ1) is 10.1. The van der Waals surface area contributed by atoms with Crippen LogP contribution in [0.15, 0.2) is 46.7 Å². The van der Waals surface area contributed by atoms with E-state index in [1.807, 2.05) is 0 Å². The third-order valence-electron chi connectivity index (χ3n) is 5.97. The molecule has 5 heteroatoms. The fraction of sp³-hybridized carbons (Fsp3) is 0.500. The van der Waals surface area contributed by atoms with Gasteiger partial charge in [0.05, 0.1) is 8.07 Å². The van der Waals surface area contributed by atoms with Crippen LogP contribution in [0.1, 0.15) is 52.4 Å². The van der Waals surface area contributed by atoms with Crippen molar-refractivity contribution in [3.8, 4) is 0 Å². The number of halogens is 3. The zero-order valence-electron chi connectivity index (χ0n) is 15.3. The second-order valence-corrected chi connectivity index (χ2v) is 11.4. The quantitative estimate of drug-likeness (QED) is 0.330. The molecule has 0 nitrogen and oxygen atoms in total. The second kappa shape index (κ2) is 12.1. The zero-order chi connectivity index (χ0) is 14.9. The first-order valence-electron chi connectivity index (χ1n) is 8.47. The Labute approximate surface area is 188 Å². The molecule has 0 N–H and O–H groups in total. The average Bonchev–Trinajstić information content (AvgIpc) is 2.88. The maximum absolute atomic E-state index is 3.61. The summed E-state index contributed by atoms with van der Waals surface area (Å²) in [6.07, 6.45) is 11.9.